The molecule has 6 rings (SSSR count). The summed E-state index contributed by atoms with van der Waals surface area (Å²) in [5, 5.41) is 19.0. The first-order chi connectivity index (χ1) is 20.8. The number of imide groups is 1. The van der Waals surface area contributed by atoms with E-state index in [2.05, 4.69) is 24.8 Å². The van der Waals surface area contributed by atoms with Crippen LogP contribution in [0.4, 0.5) is 16.3 Å². The van der Waals surface area contributed by atoms with Gasteiger partial charge in [-0.3, -0.25) is 24.6 Å². The highest BCUT2D eigenvalue weighted by atomic mass is 16.5. The Labute approximate surface area is 246 Å². The van der Waals surface area contributed by atoms with Gasteiger partial charge in [0.05, 0.1) is 35.9 Å². The molecule has 3 amide bonds. The number of urea groups is 1. The summed E-state index contributed by atoms with van der Waals surface area (Å²) in [5.74, 6) is -0.773. The van der Waals surface area contributed by atoms with Crippen molar-refractivity contribution in [3.63, 3.8) is 0 Å². The number of methoxy groups -OCH3 is 1. The maximum atomic E-state index is 14.2. The quantitative estimate of drug-likeness (QED) is 0.308. The van der Waals surface area contributed by atoms with Gasteiger partial charge in [-0.25, -0.2) is 24.5 Å². The van der Waals surface area contributed by atoms with E-state index in [-0.39, 0.29) is 28.9 Å². The molecule has 3 aromatic heterocycles. The van der Waals surface area contributed by atoms with E-state index in [1.165, 1.54) is 48.8 Å². The molecule has 0 saturated carbocycles. The van der Waals surface area contributed by atoms with E-state index in [4.69, 9.17) is 9.84 Å². The van der Waals surface area contributed by atoms with E-state index < -0.39 is 17.5 Å². The van der Waals surface area contributed by atoms with Crippen LogP contribution in [-0.4, -0.2) is 78.7 Å². The first kappa shape index (κ1) is 27.7. The molecule has 43 heavy (non-hydrogen) atoms. The first-order valence-electron chi connectivity index (χ1n) is 13.5. The molecule has 0 unspecified atom stereocenters. The Morgan fingerprint density at radius 2 is 1.74 bits per heavy atom. The van der Waals surface area contributed by atoms with Crippen LogP contribution in [0.5, 0.6) is 11.6 Å². The van der Waals surface area contributed by atoms with Crippen molar-refractivity contribution in [3.05, 3.63) is 84.6 Å². The smallest absolute Gasteiger partial charge is 0.338 e. The molecule has 2 saturated heterocycles. The number of aromatic hydroxyl groups is 1. The minimum atomic E-state index is -1.20. The lowest BCUT2D eigenvalue weighted by atomic mass is 9.85. The van der Waals surface area contributed by atoms with E-state index in [0.717, 1.165) is 4.90 Å². The minimum Gasteiger partial charge on any atom is -0.508 e. The third-order valence-corrected chi connectivity index (χ3v) is 7.78. The van der Waals surface area contributed by atoms with Crippen LogP contribution in [-0.2, 0) is 11.3 Å². The molecule has 1 aromatic carbocycles. The number of aromatic carboxylic acids is 1. The molecule has 2 aliphatic heterocycles. The topological polar surface area (TPSA) is 162 Å². The number of likely N-dealkylation sites (tertiary alicyclic amines) is 1. The molecule has 5 heterocycles. The summed E-state index contributed by atoms with van der Waals surface area (Å²) in [6.07, 6.45) is 4.96. The number of benzene rings is 1. The van der Waals surface area contributed by atoms with E-state index in [1.54, 1.807) is 36.5 Å². The Hall–Kier alpha value is -5.43. The van der Waals surface area contributed by atoms with Crippen molar-refractivity contribution in [2.75, 3.05) is 30.0 Å². The van der Waals surface area contributed by atoms with E-state index in [1.807, 2.05) is 0 Å². The van der Waals surface area contributed by atoms with Gasteiger partial charge in [0.15, 0.2) is 0 Å². The van der Waals surface area contributed by atoms with Crippen molar-refractivity contribution < 1.29 is 29.3 Å². The highest BCUT2D eigenvalue weighted by Crippen LogP contribution is 2.42. The van der Waals surface area contributed by atoms with Gasteiger partial charge in [0, 0.05) is 43.5 Å². The standard InChI is InChI=1S/C30H27N7O6/c1-43-26-15-25(33-18-34-26)37-29(42)36(22-6-7-24(32-16-22)19-2-4-20(5-3-19)27(39)40)28(41)30(37)9-12-35(13-10-30)17-21-14-23(38)8-11-31-21/h2-8,11,14-16,18H,9-10,12-13,17H2,1H3,(H,31,38)(H,39,40). The van der Waals surface area contributed by atoms with Crippen molar-refractivity contribution >= 4 is 29.4 Å². The fraction of sp³-hybridized carbons (Fsp3) is 0.233. The molecular weight excluding hydrogens is 554 g/mol. The number of amides is 3. The normalized spacial score (nSPS) is 16.6. The third-order valence-electron chi connectivity index (χ3n) is 7.78. The van der Waals surface area contributed by atoms with Crippen molar-refractivity contribution in [3.8, 4) is 22.9 Å². The number of carboxylic acid groups (broad SMARTS) is 1. The van der Waals surface area contributed by atoms with Gasteiger partial charge in [-0.15, -0.1) is 0 Å². The number of hydrogen-bond donors (Lipinski definition) is 2. The van der Waals surface area contributed by atoms with E-state index in [0.29, 0.717) is 55.1 Å². The molecule has 2 fully saturated rings. The fourth-order valence-electron chi connectivity index (χ4n) is 5.55. The zero-order chi connectivity index (χ0) is 30.1. The fourth-order valence-corrected chi connectivity index (χ4v) is 5.55. The van der Waals surface area contributed by atoms with Gasteiger partial charge in [-0.1, -0.05) is 12.1 Å². The summed E-state index contributed by atoms with van der Waals surface area (Å²) < 4.78 is 5.27. The number of pyridine rings is 2. The van der Waals surface area contributed by atoms with Gasteiger partial charge < -0.3 is 14.9 Å². The SMILES string of the molecule is COc1cc(N2C(=O)N(c3ccc(-c4ccc(C(=O)O)cc4)nc3)C(=O)C23CCN(Cc2cc(O)ccn2)CC3)ncn1. The average Bonchev–Trinajstić information content (AvgIpc) is 3.23. The molecule has 1 spiro atoms. The molecule has 218 valence electrons. The second-order valence-corrected chi connectivity index (χ2v) is 10.3. The maximum Gasteiger partial charge on any atom is 0.338 e. The molecule has 0 bridgehead atoms. The van der Waals surface area contributed by atoms with Crippen molar-refractivity contribution in [2.24, 2.45) is 0 Å². The number of rotatable bonds is 7. The lowest BCUT2D eigenvalue weighted by Gasteiger charge is -2.41. The maximum absolute atomic E-state index is 14.2. The van der Waals surface area contributed by atoms with Crippen molar-refractivity contribution in [1.29, 1.82) is 0 Å². The molecule has 2 aliphatic rings. The number of anilines is 2. The van der Waals surface area contributed by atoms with Crippen LogP contribution >= 0.6 is 0 Å². The number of carboxylic acids is 1. The van der Waals surface area contributed by atoms with Crippen LogP contribution in [0, 0.1) is 0 Å². The summed E-state index contributed by atoms with van der Waals surface area (Å²) >= 11 is 0. The van der Waals surface area contributed by atoms with Gasteiger partial charge in [-0.2, -0.15) is 0 Å². The number of piperidine rings is 1. The highest BCUT2D eigenvalue weighted by Gasteiger charge is 2.59. The Morgan fingerprint density at radius 3 is 2.40 bits per heavy atom. The summed E-state index contributed by atoms with van der Waals surface area (Å²) in [6.45, 7) is 1.47. The summed E-state index contributed by atoms with van der Waals surface area (Å²) in [6, 6.07) is 13.7. The van der Waals surface area contributed by atoms with Gasteiger partial charge >= 0.3 is 12.0 Å². The van der Waals surface area contributed by atoms with Crippen LogP contribution in [0.2, 0.25) is 0 Å². The highest BCUT2D eigenvalue weighted by molar-refractivity contribution is 6.30. The molecule has 0 radical (unpaired) electrons. The summed E-state index contributed by atoms with van der Waals surface area (Å²) in [7, 11) is 1.46. The molecule has 0 atom stereocenters. The molecule has 13 heteroatoms. The Morgan fingerprint density at radius 1 is 0.977 bits per heavy atom. The van der Waals surface area contributed by atoms with Crippen LogP contribution in [0.25, 0.3) is 11.3 Å². The van der Waals surface area contributed by atoms with Gasteiger partial charge in [0.2, 0.25) is 5.88 Å². The van der Waals surface area contributed by atoms with Crippen LogP contribution in [0.15, 0.2) is 73.3 Å². The molecule has 0 aliphatic carbocycles. The molecule has 4 aromatic rings. The monoisotopic (exact) mass is 581 g/mol. The lowest BCUT2D eigenvalue weighted by molar-refractivity contribution is -0.123. The molecule has 13 nitrogen and oxygen atoms in total. The van der Waals surface area contributed by atoms with Gasteiger partial charge in [-0.05, 0) is 43.2 Å². The van der Waals surface area contributed by atoms with Crippen LogP contribution in [0.1, 0.15) is 28.9 Å². The Kier molecular flexibility index (Phi) is 7.16. The minimum absolute atomic E-state index is 0.131. The van der Waals surface area contributed by atoms with Crippen LogP contribution < -0.4 is 14.5 Å². The predicted molar refractivity (Wildman–Crippen MR) is 154 cm³/mol. The van der Waals surface area contributed by atoms with Crippen LogP contribution in [0.3, 0.4) is 0 Å². The molecule has 2 N–H and O–H groups in total. The van der Waals surface area contributed by atoms with Gasteiger partial charge in [0.25, 0.3) is 5.91 Å². The number of nitrogens with zero attached hydrogens (tertiary/aromatic N) is 7. The average molecular weight is 582 g/mol. The lowest BCUT2D eigenvalue weighted by Crippen LogP contribution is -2.57. The van der Waals surface area contributed by atoms with Gasteiger partial charge in [0.1, 0.15) is 23.4 Å². The Balaban J connectivity index is 1.30. The number of ether oxygens (including phenoxy) is 1. The number of carbonyl (C=O) groups excluding carboxylic acids is 2. The zero-order valence-corrected chi connectivity index (χ0v) is 23.1. The van der Waals surface area contributed by atoms with Crippen molar-refractivity contribution in [2.45, 2.75) is 24.9 Å². The zero-order valence-electron chi connectivity index (χ0n) is 23.1. The summed E-state index contributed by atoms with van der Waals surface area (Å²) in [4.78, 5) is 61.3. The summed E-state index contributed by atoms with van der Waals surface area (Å²) in [5.41, 5.74) is 1.20. The van der Waals surface area contributed by atoms with Crippen molar-refractivity contribution in [1.82, 2.24) is 24.8 Å². The number of carbonyl (C=O) groups is 3. The number of aromatic nitrogens is 4. The Bertz CT molecular complexity index is 1690. The second kappa shape index (κ2) is 11.1. The van der Waals surface area contributed by atoms with E-state index in [9.17, 15) is 19.5 Å². The largest absolute Gasteiger partial charge is 0.508 e. The third kappa shape index (κ3) is 5.10. The number of hydrogen-bond acceptors (Lipinski definition) is 10. The van der Waals surface area contributed by atoms with E-state index >= 15 is 0 Å². The predicted octanol–water partition coefficient (Wildman–Crippen LogP) is 3.35. The first-order valence-corrected chi connectivity index (χ1v) is 13.5. The molecular formula is C30H27N7O6. The second-order valence-electron chi connectivity index (χ2n) is 10.3.